The van der Waals surface area contributed by atoms with Crippen molar-refractivity contribution in [3.05, 3.63) is 0 Å². The smallest absolute Gasteiger partial charge is 0.320 e. The quantitative estimate of drug-likeness (QED) is 0.676. The number of amides is 2. The Morgan fingerprint density at radius 3 is 2.18 bits per heavy atom. The number of hydrogen-bond donors (Lipinski definition) is 1. The van der Waals surface area contributed by atoms with Crippen LogP contribution in [0.1, 0.15) is 0 Å². The van der Waals surface area contributed by atoms with E-state index in [1.165, 1.54) is 0 Å². The van der Waals surface area contributed by atoms with Crippen molar-refractivity contribution in [1.82, 2.24) is 14.7 Å². The number of nitrogens with two attached hydrogens (primary N) is 1. The SMILES string of the molecule is NCCN1CCN(C(=O)N2CCOCC2)CC1. The maximum Gasteiger partial charge on any atom is 0.320 e. The predicted molar refractivity (Wildman–Crippen MR) is 64.9 cm³/mol. The van der Waals surface area contributed by atoms with E-state index in [1.54, 1.807) is 0 Å². The van der Waals surface area contributed by atoms with Crippen molar-refractivity contribution < 1.29 is 9.53 Å². The van der Waals surface area contributed by atoms with Crippen LogP contribution in [0.4, 0.5) is 4.79 Å². The monoisotopic (exact) mass is 242 g/mol. The van der Waals surface area contributed by atoms with Crippen LogP contribution in [-0.4, -0.2) is 86.3 Å². The first-order chi connectivity index (χ1) is 8.31. The molecule has 2 fully saturated rings. The Bertz CT molecular complexity index is 248. The van der Waals surface area contributed by atoms with Gasteiger partial charge in [0.2, 0.25) is 0 Å². The lowest BCUT2D eigenvalue weighted by Crippen LogP contribution is -2.55. The summed E-state index contributed by atoms with van der Waals surface area (Å²) in [5.41, 5.74) is 5.53. The first-order valence-corrected chi connectivity index (χ1v) is 6.35. The Morgan fingerprint density at radius 2 is 1.59 bits per heavy atom. The van der Waals surface area contributed by atoms with E-state index in [1.807, 2.05) is 9.80 Å². The molecule has 17 heavy (non-hydrogen) atoms. The van der Waals surface area contributed by atoms with E-state index in [9.17, 15) is 4.79 Å². The third kappa shape index (κ3) is 3.31. The number of morpholine rings is 1. The molecule has 2 amide bonds. The second-order valence-electron chi connectivity index (χ2n) is 4.50. The average Bonchev–Trinajstić information content (AvgIpc) is 2.40. The normalized spacial score (nSPS) is 22.9. The van der Waals surface area contributed by atoms with Crippen LogP contribution in [0.2, 0.25) is 0 Å². The molecule has 6 heteroatoms. The summed E-state index contributed by atoms with van der Waals surface area (Å²) in [5, 5.41) is 0. The molecule has 0 aromatic heterocycles. The summed E-state index contributed by atoms with van der Waals surface area (Å²) in [7, 11) is 0. The minimum atomic E-state index is 0.167. The summed E-state index contributed by atoms with van der Waals surface area (Å²) in [6.07, 6.45) is 0. The fraction of sp³-hybridized carbons (Fsp3) is 0.909. The summed E-state index contributed by atoms with van der Waals surface area (Å²) in [6, 6.07) is 0.167. The molecular weight excluding hydrogens is 220 g/mol. The fourth-order valence-electron chi connectivity index (χ4n) is 2.30. The molecule has 0 atom stereocenters. The Kier molecular flexibility index (Phi) is 4.58. The van der Waals surface area contributed by atoms with Gasteiger partial charge in [0.05, 0.1) is 13.2 Å². The van der Waals surface area contributed by atoms with Gasteiger partial charge in [-0.3, -0.25) is 4.90 Å². The third-order valence-electron chi connectivity index (χ3n) is 3.37. The lowest BCUT2D eigenvalue weighted by atomic mass is 10.3. The minimum absolute atomic E-state index is 0.167. The summed E-state index contributed by atoms with van der Waals surface area (Å²) in [4.78, 5) is 18.3. The lowest BCUT2D eigenvalue weighted by Gasteiger charge is -2.38. The lowest BCUT2D eigenvalue weighted by molar-refractivity contribution is 0.0379. The highest BCUT2D eigenvalue weighted by molar-refractivity contribution is 5.74. The molecule has 0 aromatic rings. The van der Waals surface area contributed by atoms with Crippen LogP contribution >= 0.6 is 0 Å². The molecule has 2 N–H and O–H groups in total. The number of carbonyl (C=O) groups excluding carboxylic acids is 1. The van der Waals surface area contributed by atoms with Gasteiger partial charge in [0.15, 0.2) is 0 Å². The Hall–Kier alpha value is -0.850. The molecule has 2 saturated heterocycles. The van der Waals surface area contributed by atoms with Crippen LogP contribution in [0.15, 0.2) is 0 Å². The first-order valence-electron chi connectivity index (χ1n) is 6.35. The average molecular weight is 242 g/mol. The maximum absolute atomic E-state index is 12.2. The van der Waals surface area contributed by atoms with Crippen LogP contribution in [0.5, 0.6) is 0 Å². The van der Waals surface area contributed by atoms with Crippen molar-refractivity contribution in [3.63, 3.8) is 0 Å². The fourth-order valence-corrected chi connectivity index (χ4v) is 2.30. The van der Waals surface area contributed by atoms with Gasteiger partial charge >= 0.3 is 6.03 Å². The number of nitrogens with zero attached hydrogens (tertiary/aromatic N) is 3. The van der Waals surface area contributed by atoms with Crippen molar-refractivity contribution in [1.29, 1.82) is 0 Å². The molecule has 2 rings (SSSR count). The summed E-state index contributed by atoms with van der Waals surface area (Å²) < 4.78 is 5.25. The molecule has 98 valence electrons. The van der Waals surface area contributed by atoms with Gasteiger partial charge in [-0.2, -0.15) is 0 Å². The molecular formula is C11H22N4O2. The first kappa shape index (κ1) is 12.6. The van der Waals surface area contributed by atoms with Gasteiger partial charge in [0.25, 0.3) is 0 Å². The van der Waals surface area contributed by atoms with E-state index in [2.05, 4.69) is 4.90 Å². The summed E-state index contributed by atoms with van der Waals surface area (Å²) >= 11 is 0. The van der Waals surface area contributed by atoms with Crippen LogP contribution < -0.4 is 5.73 Å². The highest BCUT2D eigenvalue weighted by Crippen LogP contribution is 2.07. The van der Waals surface area contributed by atoms with E-state index >= 15 is 0 Å². The molecule has 0 saturated carbocycles. The molecule has 0 unspecified atom stereocenters. The summed E-state index contributed by atoms with van der Waals surface area (Å²) in [5.74, 6) is 0. The number of rotatable bonds is 2. The van der Waals surface area contributed by atoms with Crippen LogP contribution in [0.3, 0.4) is 0 Å². The van der Waals surface area contributed by atoms with Crippen LogP contribution in [0.25, 0.3) is 0 Å². The van der Waals surface area contributed by atoms with E-state index in [4.69, 9.17) is 10.5 Å². The van der Waals surface area contributed by atoms with Gasteiger partial charge in [-0.15, -0.1) is 0 Å². The molecule has 2 aliphatic heterocycles. The number of ether oxygens (including phenoxy) is 1. The largest absolute Gasteiger partial charge is 0.378 e. The molecule has 0 aromatic carbocycles. The minimum Gasteiger partial charge on any atom is -0.378 e. The zero-order valence-electron chi connectivity index (χ0n) is 10.3. The zero-order valence-corrected chi connectivity index (χ0v) is 10.3. The van der Waals surface area contributed by atoms with Crippen molar-refractivity contribution in [3.8, 4) is 0 Å². The zero-order chi connectivity index (χ0) is 12.1. The molecule has 0 aliphatic carbocycles. The Labute approximate surface area is 102 Å². The molecule has 0 bridgehead atoms. The van der Waals surface area contributed by atoms with E-state index in [-0.39, 0.29) is 6.03 Å². The van der Waals surface area contributed by atoms with Gasteiger partial charge in [0.1, 0.15) is 0 Å². The number of hydrogen-bond acceptors (Lipinski definition) is 4. The van der Waals surface area contributed by atoms with Crippen molar-refractivity contribution in [2.24, 2.45) is 5.73 Å². The standard InChI is InChI=1S/C11H22N4O2/c12-1-2-13-3-5-14(6-4-13)11(16)15-7-9-17-10-8-15/h1-10,12H2. The topological polar surface area (TPSA) is 62.0 Å². The van der Waals surface area contributed by atoms with Crippen LogP contribution in [-0.2, 0) is 4.74 Å². The van der Waals surface area contributed by atoms with Gasteiger partial charge in [-0.05, 0) is 0 Å². The molecule has 2 heterocycles. The number of piperazine rings is 1. The van der Waals surface area contributed by atoms with Gasteiger partial charge in [0, 0.05) is 52.4 Å². The van der Waals surface area contributed by atoms with Gasteiger partial charge < -0.3 is 20.3 Å². The molecule has 0 spiro atoms. The van der Waals surface area contributed by atoms with E-state index in [0.29, 0.717) is 19.8 Å². The highest BCUT2D eigenvalue weighted by atomic mass is 16.5. The summed E-state index contributed by atoms with van der Waals surface area (Å²) in [6.45, 7) is 7.91. The molecule has 2 aliphatic rings. The van der Waals surface area contributed by atoms with E-state index in [0.717, 1.165) is 45.8 Å². The number of carbonyl (C=O) groups is 1. The molecule has 6 nitrogen and oxygen atoms in total. The second kappa shape index (κ2) is 6.18. The van der Waals surface area contributed by atoms with Crippen LogP contribution in [0, 0.1) is 0 Å². The Morgan fingerprint density at radius 1 is 1.00 bits per heavy atom. The van der Waals surface area contributed by atoms with E-state index < -0.39 is 0 Å². The third-order valence-corrected chi connectivity index (χ3v) is 3.37. The predicted octanol–water partition coefficient (Wildman–Crippen LogP) is -0.985. The highest BCUT2D eigenvalue weighted by Gasteiger charge is 2.25. The van der Waals surface area contributed by atoms with Gasteiger partial charge in [-0.25, -0.2) is 4.79 Å². The van der Waals surface area contributed by atoms with Gasteiger partial charge in [-0.1, -0.05) is 0 Å². The Balaban J connectivity index is 1.77. The maximum atomic E-state index is 12.2. The number of urea groups is 1. The van der Waals surface area contributed by atoms with Crippen molar-refractivity contribution in [2.45, 2.75) is 0 Å². The van der Waals surface area contributed by atoms with Crippen molar-refractivity contribution >= 4 is 6.03 Å². The van der Waals surface area contributed by atoms with Crippen molar-refractivity contribution in [2.75, 3.05) is 65.6 Å². The molecule has 0 radical (unpaired) electrons. The second-order valence-corrected chi connectivity index (χ2v) is 4.50.